The Hall–Kier alpha value is -2.62. The number of rotatable bonds is 5. The summed E-state index contributed by atoms with van der Waals surface area (Å²) in [4.78, 5) is 14.2. The molecule has 2 aromatic rings. The van der Waals surface area contributed by atoms with E-state index in [4.69, 9.17) is 0 Å². The van der Waals surface area contributed by atoms with E-state index in [2.05, 4.69) is 27.6 Å². The van der Waals surface area contributed by atoms with E-state index in [1.807, 2.05) is 42.5 Å². The van der Waals surface area contributed by atoms with Crippen LogP contribution in [-0.4, -0.2) is 25.2 Å². The fourth-order valence-electron chi connectivity index (χ4n) is 2.75. The maximum absolute atomic E-state index is 11.8. The lowest BCUT2D eigenvalue weighted by Crippen LogP contribution is -2.19. The van der Waals surface area contributed by atoms with E-state index in [1.165, 1.54) is 18.5 Å². The Kier molecular flexibility index (Phi) is 5.04. The van der Waals surface area contributed by atoms with Crippen LogP contribution in [0, 0.1) is 0 Å². The summed E-state index contributed by atoms with van der Waals surface area (Å²) in [5.41, 5.74) is 5.79. The fraction of sp³-hybridized carbons (Fsp3) is 0.263. The van der Waals surface area contributed by atoms with Crippen molar-refractivity contribution >= 4 is 17.8 Å². The van der Waals surface area contributed by atoms with E-state index in [0.717, 1.165) is 24.2 Å². The molecule has 0 unspecified atom stereocenters. The summed E-state index contributed by atoms with van der Waals surface area (Å²) in [5.74, 6) is -0.110. The Labute approximate surface area is 136 Å². The van der Waals surface area contributed by atoms with Crippen LogP contribution < -0.4 is 10.3 Å². The molecule has 0 atom stereocenters. The number of nitrogens with one attached hydrogen (secondary N) is 1. The van der Waals surface area contributed by atoms with Gasteiger partial charge in [0.2, 0.25) is 5.91 Å². The van der Waals surface area contributed by atoms with Crippen molar-refractivity contribution in [1.82, 2.24) is 5.43 Å². The topological polar surface area (TPSA) is 44.7 Å². The van der Waals surface area contributed by atoms with Crippen molar-refractivity contribution in [3.8, 4) is 0 Å². The molecule has 23 heavy (non-hydrogen) atoms. The summed E-state index contributed by atoms with van der Waals surface area (Å²) >= 11 is 0. The number of amides is 1. The van der Waals surface area contributed by atoms with Crippen molar-refractivity contribution < 1.29 is 4.79 Å². The second-order valence-corrected chi connectivity index (χ2v) is 5.74. The van der Waals surface area contributed by atoms with Gasteiger partial charge in [0.05, 0.1) is 12.6 Å². The van der Waals surface area contributed by atoms with Gasteiger partial charge < -0.3 is 4.90 Å². The predicted octanol–water partition coefficient (Wildman–Crippen LogP) is 2.98. The summed E-state index contributed by atoms with van der Waals surface area (Å²) in [7, 11) is 0. The highest BCUT2D eigenvalue weighted by molar-refractivity contribution is 5.83. The maximum atomic E-state index is 11.8. The molecule has 4 heteroatoms. The number of nitrogens with zero attached hydrogens (tertiary/aromatic N) is 2. The second kappa shape index (κ2) is 7.58. The van der Waals surface area contributed by atoms with Crippen molar-refractivity contribution in [3.63, 3.8) is 0 Å². The molecule has 1 aliphatic rings. The third-order valence-electron chi connectivity index (χ3n) is 3.97. The molecule has 1 heterocycles. The van der Waals surface area contributed by atoms with Crippen molar-refractivity contribution in [2.75, 3.05) is 18.0 Å². The highest BCUT2D eigenvalue weighted by Gasteiger charge is 2.11. The first-order valence-corrected chi connectivity index (χ1v) is 8.02. The second-order valence-electron chi connectivity index (χ2n) is 5.74. The van der Waals surface area contributed by atoms with E-state index in [9.17, 15) is 4.79 Å². The summed E-state index contributed by atoms with van der Waals surface area (Å²) in [6.45, 7) is 2.28. The zero-order chi connectivity index (χ0) is 15.9. The molecule has 3 rings (SSSR count). The fourth-order valence-corrected chi connectivity index (χ4v) is 2.75. The summed E-state index contributed by atoms with van der Waals surface area (Å²) < 4.78 is 0. The average Bonchev–Trinajstić information content (AvgIpc) is 3.11. The number of carbonyl (C=O) groups excluding carboxylic acids is 1. The van der Waals surface area contributed by atoms with Crippen LogP contribution >= 0.6 is 0 Å². The lowest BCUT2D eigenvalue weighted by atomic mass is 10.1. The van der Waals surface area contributed by atoms with E-state index in [-0.39, 0.29) is 5.91 Å². The smallest absolute Gasteiger partial charge is 0.244 e. The SMILES string of the molecule is O=C(Cc1ccccc1)N/N=C/c1ccc(N2CCCC2)cc1. The highest BCUT2D eigenvalue weighted by atomic mass is 16.2. The molecule has 1 saturated heterocycles. The highest BCUT2D eigenvalue weighted by Crippen LogP contribution is 2.19. The van der Waals surface area contributed by atoms with Crippen LogP contribution in [0.4, 0.5) is 5.69 Å². The molecule has 0 spiro atoms. The van der Waals surface area contributed by atoms with Gasteiger partial charge in [0.15, 0.2) is 0 Å². The Morgan fingerprint density at radius 3 is 2.43 bits per heavy atom. The van der Waals surface area contributed by atoms with E-state index in [1.54, 1.807) is 6.21 Å². The van der Waals surface area contributed by atoms with Gasteiger partial charge >= 0.3 is 0 Å². The Balaban J connectivity index is 1.50. The number of anilines is 1. The van der Waals surface area contributed by atoms with Crippen molar-refractivity contribution in [1.29, 1.82) is 0 Å². The molecule has 1 N–H and O–H groups in total. The normalized spacial score (nSPS) is 14.3. The zero-order valence-electron chi connectivity index (χ0n) is 13.1. The maximum Gasteiger partial charge on any atom is 0.244 e. The van der Waals surface area contributed by atoms with E-state index < -0.39 is 0 Å². The molecule has 0 saturated carbocycles. The first-order valence-electron chi connectivity index (χ1n) is 8.02. The molecule has 0 aliphatic carbocycles. The van der Waals surface area contributed by atoms with Gasteiger partial charge in [-0.2, -0.15) is 5.10 Å². The zero-order valence-corrected chi connectivity index (χ0v) is 13.1. The van der Waals surface area contributed by atoms with Crippen molar-refractivity contribution in [2.24, 2.45) is 5.10 Å². The standard InChI is InChI=1S/C19H21N3O/c23-19(14-16-6-2-1-3-7-16)21-20-15-17-8-10-18(11-9-17)22-12-4-5-13-22/h1-3,6-11,15H,4-5,12-14H2,(H,21,23)/b20-15+. The van der Waals surface area contributed by atoms with Crippen molar-refractivity contribution in [2.45, 2.75) is 19.3 Å². The van der Waals surface area contributed by atoms with Crippen LogP contribution in [0.3, 0.4) is 0 Å². The van der Waals surface area contributed by atoms with Gasteiger partial charge in [-0.25, -0.2) is 5.43 Å². The molecule has 1 amide bonds. The van der Waals surface area contributed by atoms with Crippen LogP contribution in [0.2, 0.25) is 0 Å². The first-order chi connectivity index (χ1) is 11.3. The minimum Gasteiger partial charge on any atom is -0.372 e. The third-order valence-corrected chi connectivity index (χ3v) is 3.97. The van der Waals surface area contributed by atoms with Gasteiger partial charge in [-0.1, -0.05) is 42.5 Å². The molecule has 0 radical (unpaired) electrons. The summed E-state index contributed by atoms with van der Waals surface area (Å²) in [6, 6.07) is 17.9. The van der Waals surface area contributed by atoms with E-state index >= 15 is 0 Å². The summed E-state index contributed by atoms with van der Waals surface area (Å²) in [6.07, 6.45) is 4.57. The Morgan fingerprint density at radius 2 is 1.74 bits per heavy atom. The molecule has 2 aromatic carbocycles. The summed E-state index contributed by atoms with van der Waals surface area (Å²) in [5, 5.41) is 4.03. The number of hydrogen-bond acceptors (Lipinski definition) is 3. The molecule has 0 bridgehead atoms. The number of carbonyl (C=O) groups is 1. The lowest BCUT2D eigenvalue weighted by molar-refractivity contribution is -0.120. The van der Waals surface area contributed by atoms with Crippen LogP contribution in [0.25, 0.3) is 0 Å². The molecule has 0 aromatic heterocycles. The largest absolute Gasteiger partial charge is 0.372 e. The van der Waals surface area contributed by atoms with Gasteiger partial charge in [0.1, 0.15) is 0 Å². The van der Waals surface area contributed by atoms with Crippen LogP contribution in [0.15, 0.2) is 59.7 Å². The Morgan fingerprint density at radius 1 is 1.04 bits per heavy atom. The Bertz CT molecular complexity index is 659. The third kappa shape index (κ3) is 4.42. The minimum atomic E-state index is -0.110. The van der Waals surface area contributed by atoms with Gasteiger partial charge in [-0.3, -0.25) is 4.79 Å². The molecule has 4 nitrogen and oxygen atoms in total. The quantitative estimate of drug-likeness (QED) is 0.682. The number of benzene rings is 2. The van der Waals surface area contributed by atoms with Gasteiger partial charge in [-0.15, -0.1) is 0 Å². The number of hydrazone groups is 1. The van der Waals surface area contributed by atoms with Crippen LogP contribution in [0.1, 0.15) is 24.0 Å². The minimum absolute atomic E-state index is 0.110. The molecule has 1 fully saturated rings. The molecule has 118 valence electrons. The first kappa shape index (κ1) is 15.3. The predicted molar refractivity (Wildman–Crippen MR) is 93.8 cm³/mol. The van der Waals surface area contributed by atoms with E-state index in [0.29, 0.717) is 6.42 Å². The molecule has 1 aliphatic heterocycles. The number of hydrogen-bond donors (Lipinski definition) is 1. The van der Waals surface area contributed by atoms with Crippen molar-refractivity contribution in [3.05, 3.63) is 65.7 Å². The van der Waals surface area contributed by atoms with Crippen LogP contribution in [0.5, 0.6) is 0 Å². The molecular weight excluding hydrogens is 286 g/mol. The van der Waals surface area contributed by atoms with Crippen LogP contribution in [-0.2, 0) is 11.2 Å². The molecular formula is C19H21N3O. The lowest BCUT2D eigenvalue weighted by Gasteiger charge is -2.17. The van der Waals surface area contributed by atoms with Gasteiger partial charge in [0.25, 0.3) is 0 Å². The average molecular weight is 307 g/mol. The monoisotopic (exact) mass is 307 g/mol. The van der Waals surface area contributed by atoms with Gasteiger partial charge in [0, 0.05) is 18.8 Å². The van der Waals surface area contributed by atoms with Gasteiger partial charge in [-0.05, 0) is 36.1 Å².